The fourth-order valence-electron chi connectivity index (χ4n) is 10.2. The second kappa shape index (κ2) is 22.6. The summed E-state index contributed by atoms with van der Waals surface area (Å²) in [6, 6.07) is 11.9. The number of phenolic OH excluding ortho intramolecular Hbond substituents is 1. The third-order valence-electron chi connectivity index (χ3n) is 14.0. The van der Waals surface area contributed by atoms with E-state index in [0.717, 1.165) is 39.0 Å². The maximum Gasteiger partial charge on any atom is 0.324 e. The van der Waals surface area contributed by atoms with Crippen LogP contribution in [0.5, 0.6) is 5.75 Å². The summed E-state index contributed by atoms with van der Waals surface area (Å²) in [7, 11) is 4.72. The van der Waals surface area contributed by atoms with Gasteiger partial charge < -0.3 is 39.0 Å². The Morgan fingerprint density at radius 3 is 2.53 bits per heavy atom. The highest BCUT2D eigenvalue weighted by atomic mass is 16.5. The Bertz CT molecular complexity index is 2680. The number of carbonyl (C=O) groups excluding carboxylic acids is 6. The van der Waals surface area contributed by atoms with Gasteiger partial charge in [-0.1, -0.05) is 39.8 Å². The molecule has 18 heteroatoms. The van der Waals surface area contributed by atoms with E-state index in [-0.39, 0.29) is 62.5 Å². The zero-order chi connectivity index (χ0) is 52.2. The van der Waals surface area contributed by atoms with Gasteiger partial charge in [0, 0.05) is 88.8 Å². The lowest BCUT2D eigenvalue weighted by Crippen LogP contribution is -2.62. The van der Waals surface area contributed by atoms with Crippen LogP contribution in [0.3, 0.4) is 0 Å². The van der Waals surface area contributed by atoms with Crippen LogP contribution in [0.4, 0.5) is 0 Å². The fraction of sp³-hybridized carbons (Fsp3) is 0.537. The van der Waals surface area contributed by atoms with Gasteiger partial charge in [-0.15, -0.1) is 0 Å². The normalized spacial score (nSPS) is 20.8. The molecule has 4 amide bonds. The average Bonchev–Trinajstić information content (AvgIpc) is 4.06. The Morgan fingerprint density at radius 1 is 1.06 bits per heavy atom. The summed E-state index contributed by atoms with van der Waals surface area (Å²) >= 11 is 0. The van der Waals surface area contributed by atoms with Crippen LogP contribution in [-0.4, -0.2) is 155 Å². The first kappa shape index (κ1) is 53.4. The second-order valence-corrected chi connectivity index (χ2v) is 20.6. The Kier molecular flexibility index (Phi) is 16.8. The number of carbonyl (C=O) groups is 6. The molecule has 72 heavy (non-hydrogen) atoms. The Balaban J connectivity index is 1.22. The number of aryl methyl sites for hydroxylation is 1. The van der Waals surface area contributed by atoms with Gasteiger partial charge in [-0.25, -0.2) is 5.43 Å². The van der Waals surface area contributed by atoms with Gasteiger partial charge in [-0.2, -0.15) is 0 Å². The zero-order valence-electron chi connectivity index (χ0n) is 43.5. The van der Waals surface area contributed by atoms with Crippen molar-refractivity contribution in [3.63, 3.8) is 0 Å². The minimum Gasteiger partial charge on any atom is -0.508 e. The van der Waals surface area contributed by atoms with E-state index in [9.17, 15) is 33.9 Å². The highest BCUT2D eigenvalue weighted by molar-refractivity contribution is 5.96. The number of nitrogens with one attached hydrogen (secondary N) is 2. The van der Waals surface area contributed by atoms with Crippen molar-refractivity contribution < 1.29 is 48.1 Å². The smallest absolute Gasteiger partial charge is 0.324 e. The van der Waals surface area contributed by atoms with Crippen molar-refractivity contribution >= 4 is 46.5 Å². The van der Waals surface area contributed by atoms with E-state index in [1.807, 2.05) is 30.0 Å². The molecular formula is C54H72N8O10. The number of hydrazine groups is 1. The molecule has 2 aromatic heterocycles. The number of esters is 2. The van der Waals surface area contributed by atoms with Crippen LogP contribution < -0.4 is 10.7 Å². The van der Waals surface area contributed by atoms with Crippen molar-refractivity contribution in [3.8, 4) is 28.1 Å². The molecule has 388 valence electrons. The first-order chi connectivity index (χ1) is 34.2. The van der Waals surface area contributed by atoms with Gasteiger partial charge >= 0.3 is 11.9 Å². The van der Waals surface area contributed by atoms with Crippen LogP contribution in [0, 0.1) is 11.3 Å². The van der Waals surface area contributed by atoms with E-state index in [2.05, 4.69) is 54.3 Å². The summed E-state index contributed by atoms with van der Waals surface area (Å²) in [5, 5.41) is 16.7. The van der Waals surface area contributed by atoms with Crippen molar-refractivity contribution in [2.45, 2.75) is 117 Å². The number of pyridine rings is 1. The third-order valence-corrected chi connectivity index (χ3v) is 14.0. The molecule has 2 unspecified atom stereocenters. The average molecular weight is 993 g/mol. The van der Waals surface area contributed by atoms with Gasteiger partial charge in [0.2, 0.25) is 17.7 Å². The molecule has 0 aliphatic carbocycles. The Hall–Kier alpha value is -6.37. The van der Waals surface area contributed by atoms with Gasteiger partial charge in [-0.3, -0.25) is 43.7 Å². The van der Waals surface area contributed by atoms with Crippen LogP contribution in [0.1, 0.15) is 90.7 Å². The molecule has 5 heterocycles. The van der Waals surface area contributed by atoms with E-state index in [1.54, 1.807) is 46.3 Å². The summed E-state index contributed by atoms with van der Waals surface area (Å²) in [6.07, 6.45) is 3.43. The van der Waals surface area contributed by atoms with Gasteiger partial charge in [0.1, 0.15) is 29.9 Å². The molecule has 3 aliphatic rings. The quantitative estimate of drug-likeness (QED) is 0.0814. The van der Waals surface area contributed by atoms with E-state index < -0.39 is 53.1 Å². The number of likely N-dealkylation sites (N-methyl/N-ethyl adjacent to an activating group) is 2. The molecule has 0 radical (unpaired) electrons. The lowest BCUT2D eigenvalue weighted by Gasteiger charge is -2.37. The summed E-state index contributed by atoms with van der Waals surface area (Å²) in [5.41, 5.74) is 9.38. The number of hydrogen-bond donors (Lipinski definition) is 3. The van der Waals surface area contributed by atoms with Crippen molar-refractivity contribution in [1.82, 2.24) is 40.0 Å². The number of phenols is 1. The van der Waals surface area contributed by atoms with Crippen molar-refractivity contribution in [3.05, 3.63) is 71.5 Å². The van der Waals surface area contributed by atoms with Crippen LogP contribution in [0.2, 0.25) is 0 Å². The lowest BCUT2D eigenvalue weighted by atomic mass is 9.84. The number of methoxy groups -OCH3 is 1. The van der Waals surface area contributed by atoms with E-state index in [4.69, 9.17) is 19.2 Å². The molecule has 7 rings (SSSR count). The zero-order valence-corrected chi connectivity index (χ0v) is 43.5. The number of benzene rings is 2. The lowest BCUT2D eigenvalue weighted by molar-refractivity contribution is -0.155. The van der Waals surface area contributed by atoms with E-state index in [0.29, 0.717) is 56.4 Å². The van der Waals surface area contributed by atoms with E-state index in [1.165, 1.54) is 28.8 Å². The predicted molar refractivity (Wildman–Crippen MR) is 271 cm³/mol. The molecule has 3 N–H and O–H groups in total. The number of cyclic esters (lactones) is 1. The number of ether oxygens (including phenoxy) is 3. The number of amides is 4. The van der Waals surface area contributed by atoms with Crippen molar-refractivity contribution in [1.29, 1.82) is 0 Å². The maximum absolute atomic E-state index is 14.8. The Labute approximate surface area is 422 Å². The number of hydrogen-bond acceptors (Lipinski definition) is 13. The number of fused-ring (bicyclic) bond motifs is 6. The summed E-state index contributed by atoms with van der Waals surface area (Å²) in [4.78, 5) is 91.0. The predicted octanol–water partition coefficient (Wildman–Crippen LogP) is 5.03. The first-order valence-electron chi connectivity index (χ1n) is 25.1. The largest absolute Gasteiger partial charge is 0.508 e. The first-order valence-corrected chi connectivity index (χ1v) is 25.1. The maximum atomic E-state index is 14.8. The molecule has 3 aliphatic heterocycles. The fourth-order valence-corrected chi connectivity index (χ4v) is 10.2. The van der Waals surface area contributed by atoms with Gasteiger partial charge in [0.05, 0.1) is 37.3 Å². The minimum absolute atomic E-state index is 0.0319. The SMILES string of the molecule is CCn1c(-c2cccnc2[C@H](C)OC)c2c3cc(ccc31)-c1cc(O)cc(c1)C[C@H](NC(=O)C(C(C)C)N(C)C(=O)CN(C)C(=O)[C@H]1CN1CCCOC(C)=O)C(=O)N1CCC[C@H](N1)C(=O)OCC(C)(C)C2. The van der Waals surface area contributed by atoms with Crippen molar-refractivity contribution in [2.75, 3.05) is 60.6 Å². The van der Waals surface area contributed by atoms with Crippen LogP contribution in [-0.2, 0) is 62.4 Å². The number of rotatable bonds is 15. The summed E-state index contributed by atoms with van der Waals surface area (Å²) in [5.74, 6) is -3.10. The van der Waals surface area contributed by atoms with Gasteiger partial charge in [0.15, 0.2) is 0 Å². The van der Waals surface area contributed by atoms with Crippen LogP contribution >= 0.6 is 0 Å². The van der Waals surface area contributed by atoms with E-state index >= 15 is 0 Å². The van der Waals surface area contributed by atoms with Gasteiger partial charge in [-0.05, 0) is 104 Å². The third kappa shape index (κ3) is 12.1. The summed E-state index contributed by atoms with van der Waals surface area (Å²) in [6.45, 7) is 15.2. The molecule has 2 saturated heterocycles. The molecule has 6 atom stereocenters. The number of nitrogens with zero attached hydrogens (tertiary/aromatic N) is 6. The number of aromatic hydroxyl groups is 1. The van der Waals surface area contributed by atoms with Crippen LogP contribution in [0.25, 0.3) is 33.3 Å². The standard InChI is InChI=1S/C54H72N8O10/c1-11-61-44-18-17-36-27-40(44)41(49(61)39-15-12-19-55-47(39)33(4)70-10)28-54(6,7)31-72-53(69)42-16-13-21-62(57-42)51(67)43(25-35-23-37(36)26-38(64)24-35)56-50(66)48(32(2)3)59(9)46(65)30-58(8)52(68)45-29-60(45)20-14-22-71-34(5)63/h12,15,17-19,23-24,26-27,32-33,42-43,45,48,57,64H,11,13-14,16,20-22,25,28-31H2,1-10H3,(H,56,66)/t33-,42-,43-,45+,48?,60?/m0/s1. The van der Waals surface area contributed by atoms with Crippen molar-refractivity contribution in [2.24, 2.45) is 11.3 Å². The highest BCUT2D eigenvalue weighted by Gasteiger charge is 2.43. The monoisotopic (exact) mass is 993 g/mol. The van der Waals surface area contributed by atoms with Crippen LogP contribution in [0.15, 0.2) is 54.7 Å². The van der Waals surface area contributed by atoms with Gasteiger partial charge in [0.25, 0.3) is 5.91 Å². The molecule has 18 nitrogen and oxygen atoms in total. The number of aromatic nitrogens is 2. The topological polar surface area (TPSA) is 205 Å². The molecule has 0 spiro atoms. The summed E-state index contributed by atoms with van der Waals surface area (Å²) < 4.78 is 19.2. The molecule has 6 bridgehead atoms. The molecule has 2 fully saturated rings. The second-order valence-electron chi connectivity index (χ2n) is 20.6. The Morgan fingerprint density at radius 2 is 1.82 bits per heavy atom. The molecule has 4 aromatic rings. The molecule has 2 aromatic carbocycles. The highest BCUT2D eigenvalue weighted by Crippen LogP contribution is 2.42. The molecular weight excluding hydrogens is 921 g/mol. The minimum atomic E-state index is -1.21. The molecule has 0 saturated carbocycles.